The van der Waals surface area contributed by atoms with Gasteiger partial charge in [-0.05, 0) is 66.1 Å². The number of halogens is 1. The van der Waals surface area contributed by atoms with Crippen molar-refractivity contribution in [1.29, 1.82) is 5.26 Å². The average molecular weight is 398 g/mol. The van der Waals surface area contributed by atoms with Gasteiger partial charge in [0.2, 0.25) is 0 Å². The molecule has 0 amide bonds. The lowest BCUT2D eigenvalue weighted by Crippen LogP contribution is -2.40. The van der Waals surface area contributed by atoms with E-state index in [2.05, 4.69) is 34.5 Å². The van der Waals surface area contributed by atoms with Crippen LogP contribution >= 0.6 is 22.6 Å². The number of ether oxygens (including phenoxy) is 1. The molecule has 0 bridgehead atoms. The number of nitriles is 1. The van der Waals surface area contributed by atoms with E-state index in [1.165, 1.54) is 0 Å². The van der Waals surface area contributed by atoms with Crippen LogP contribution in [0.25, 0.3) is 0 Å². The Kier molecular flexibility index (Phi) is 8.71. The molecule has 0 aliphatic heterocycles. The van der Waals surface area contributed by atoms with Gasteiger partial charge in [-0.2, -0.15) is 5.26 Å². The number of unbranched alkanes of at least 4 members (excludes halogenated alkanes) is 1. The van der Waals surface area contributed by atoms with Crippen molar-refractivity contribution < 1.29 is 9.53 Å². The number of rotatable bonds is 9. The second-order valence-electron chi connectivity index (χ2n) is 4.54. The summed E-state index contributed by atoms with van der Waals surface area (Å²) < 4.78 is 6.05. The maximum Gasteiger partial charge on any atom is 0.324 e. The second-order valence-corrected chi connectivity index (χ2v) is 5.78. The Morgan fingerprint density at radius 1 is 1.57 bits per heavy atom. The lowest BCUT2D eigenvalue weighted by molar-refractivity contribution is -0.144. The smallest absolute Gasteiger partial charge is 0.324 e. The first-order chi connectivity index (χ1) is 10.2. The normalized spacial score (nSPS) is 11.4. The molecule has 0 spiro atoms. The molecule has 0 aromatic heterocycles. The molecule has 0 heterocycles. The number of benzene rings is 1. The molecule has 1 rings (SSSR count). The third-order valence-electron chi connectivity index (χ3n) is 2.87. The third kappa shape index (κ3) is 7.25. The van der Waals surface area contributed by atoms with Gasteiger partial charge in [0.15, 0.2) is 6.61 Å². The van der Waals surface area contributed by atoms with Gasteiger partial charge in [-0.1, -0.05) is 18.2 Å². The van der Waals surface area contributed by atoms with Crippen molar-refractivity contribution in [2.75, 3.05) is 13.2 Å². The van der Waals surface area contributed by atoms with Crippen LogP contribution in [0.2, 0.25) is 0 Å². The van der Waals surface area contributed by atoms with Crippen molar-refractivity contribution in [3.8, 4) is 6.07 Å². The minimum Gasteiger partial charge on any atom is -0.449 e. The fraction of sp³-hybridized carbons (Fsp3) is 0.375. The molecule has 0 aliphatic carbocycles. The minimum absolute atomic E-state index is 0.212. The molecule has 1 atom stereocenters. The summed E-state index contributed by atoms with van der Waals surface area (Å²) in [6.45, 7) is 4.17. The van der Waals surface area contributed by atoms with Crippen LogP contribution in [0.3, 0.4) is 0 Å². The SMILES string of the molecule is C=CCCCN[C@@H](Cc1cccc(I)c1)C(=O)OCC#N. The highest BCUT2D eigenvalue weighted by Gasteiger charge is 2.19. The Labute approximate surface area is 139 Å². The van der Waals surface area contributed by atoms with Crippen molar-refractivity contribution >= 4 is 28.6 Å². The van der Waals surface area contributed by atoms with Crippen LogP contribution in [0.1, 0.15) is 18.4 Å². The van der Waals surface area contributed by atoms with Crippen LogP contribution in [0, 0.1) is 14.9 Å². The highest BCUT2D eigenvalue weighted by Crippen LogP contribution is 2.10. The molecule has 0 aliphatic rings. The number of hydrogen-bond donors (Lipinski definition) is 1. The lowest BCUT2D eigenvalue weighted by Gasteiger charge is -2.17. The van der Waals surface area contributed by atoms with Gasteiger partial charge in [0.05, 0.1) is 0 Å². The van der Waals surface area contributed by atoms with E-state index < -0.39 is 6.04 Å². The summed E-state index contributed by atoms with van der Waals surface area (Å²) in [7, 11) is 0. The van der Waals surface area contributed by atoms with Crippen molar-refractivity contribution in [3.05, 3.63) is 46.1 Å². The molecule has 0 saturated heterocycles. The zero-order chi connectivity index (χ0) is 15.5. The summed E-state index contributed by atoms with van der Waals surface area (Å²) in [4.78, 5) is 12.0. The molecule has 1 N–H and O–H groups in total. The largest absolute Gasteiger partial charge is 0.449 e. The van der Waals surface area contributed by atoms with Crippen LogP contribution in [0.15, 0.2) is 36.9 Å². The van der Waals surface area contributed by atoms with Gasteiger partial charge in [-0.15, -0.1) is 6.58 Å². The Morgan fingerprint density at radius 3 is 3.05 bits per heavy atom. The summed E-state index contributed by atoms with van der Waals surface area (Å²) >= 11 is 2.24. The Balaban J connectivity index is 2.64. The standard InChI is InChI=1S/C16H19IN2O2/c1-2-3-4-9-19-15(16(20)21-10-8-18)12-13-6-5-7-14(17)11-13/h2,5-7,11,15,19H,1,3-4,9-10,12H2/t15-/m0/s1. The van der Waals surface area contributed by atoms with Gasteiger partial charge < -0.3 is 10.1 Å². The van der Waals surface area contributed by atoms with Crippen LogP contribution in [-0.2, 0) is 16.0 Å². The quantitative estimate of drug-likeness (QED) is 0.301. The maximum atomic E-state index is 12.0. The van der Waals surface area contributed by atoms with Crippen LogP contribution in [0.5, 0.6) is 0 Å². The molecular weight excluding hydrogens is 379 g/mol. The number of carbonyl (C=O) groups excluding carboxylic acids is 1. The van der Waals surface area contributed by atoms with Gasteiger partial charge >= 0.3 is 5.97 Å². The van der Waals surface area contributed by atoms with Gasteiger partial charge in [0.1, 0.15) is 12.1 Å². The molecule has 0 unspecified atom stereocenters. The fourth-order valence-electron chi connectivity index (χ4n) is 1.87. The van der Waals surface area contributed by atoms with Gasteiger partial charge in [0, 0.05) is 3.57 Å². The molecule has 0 radical (unpaired) electrons. The lowest BCUT2D eigenvalue weighted by atomic mass is 10.1. The average Bonchev–Trinajstić information content (AvgIpc) is 2.48. The highest BCUT2D eigenvalue weighted by molar-refractivity contribution is 14.1. The van der Waals surface area contributed by atoms with Crippen LogP contribution in [0.4, 0.5) is 0 Å². The molecule has 21 heavy (non-hydrogen) atoms. The molecular formula is C16H19IN2O2. The van der Waals surface area contributed by atoms with Gasteiger partial charge in [-0.25, -0.2) is 0 Å². The minimum atomic E-state index is -0.429. The van der Waals surface area contributed by atoms with Crippen LogP contribution in [-0.4, -0.2) is 25.2 Å². The van der Waals surface area contributed by atoms with E-state index in [0.29, 0.717) is 13.0 Å². The zero-order valence-electron chi connectivity index (χ0n) is 11.8. The summed E-state index contributed by atoms with van der Waals surface area (Å²) in [6.07, 6.45) is 4.22. The second kappa shape index (κ2) is 10.4. The number of hydrogen-bond acceptors (Lipinski definition) is 4. The molecule has 4 nitrogen and oxygen atoms in total. The highest BCUT2D eigenvalue weighted by atomic mass is 127. The zero-order valence-corrected chi connectivity index (χ0v) is 14.0. The predicted molar refractivity (Wildman–Crippen MR) is 90.7 cm³/mol. The van der Waals surface area contributed by atoms with Gasteiger partial charge in [0.25, 0.3) is 0 Å². The van der Waals surface area contributed by atoms with E-state index in [-0.39, 0.29) is 12.6 Å². The number of allylic oxidation sites excluding steroid dienone is 1. The first kappa shape index (κ1) is 17.7. The monoisotopic (exact) mass is 398 g/mol. The summed E-state index contributed by atoms with van der Waals surface area (Å²) in [5.74, 6) is -0.381. The molecule has 112 valence electrons. The number of carbonyl (C=O) groups is 1. The van der Waals surface area contributed by atoms with E-state index in [1.54, 1.807) is 0 Å². The van der Waals surface area contributed by atoms with E-state index in [4.69, 9.17) is 10.00 Å². The third-order valence-corrected chi connectivity index (χ3v) is 3.54. The fourth-order valence-corrected chi connectivity index (χ4v) is 2.47. The number of nitrogens with zero attached hydrogens (tertiary/aromatic N) is 1. The molecule has 0 saturated carbocycles. The van der Waals surface area contributed by atoms with E-state index in [1.807, 2.05) is 36.4 Å². The first-order valence-corrected chi connectivity index (χ1v) is 7.87. The molecule has 1 aromatic carbocycles. The van der Waals surface area contributed by atoms with E-state index >= 15 is 0 Å². The maximum absolute atomic E-state index is 12.0. The van der Waals surface area contributed by atoms with E-state index in [9.17, 15) is 4.79 Å². The van der Waals surface area contributed by atoms with Crippen LogP contribution < -0.4 is 5.32 Å². The molecule has 5 heteroatoms. The van der Waals surface area contributed by atoms with Crippen molar-refractivity contribution in [2.45, 2.75) is 25.3 Å². The summed E-state index contributed by atoms with van der Waals surface area (Å²) in [5, 5.41) is 11.7. The summed E-state index contributed by atoms with van der Waals surface area (Å²) in [5.41, 5.74) is 1.07. The predicted octanol–water partition coefficient (Wildman–Crippen LogP) is 2.82. The Morgan fingerprint density at radius 2 is 2.38 bits per heavy atom. The Bertz CT molecular complexity index is 511. The Hall–Kier alpha value is -1.39. The number of esters is 1. The number of nitrogens with one attached hydrogen (secondary N) is 1. The van der Waals surface area contributed by atoms with Gasteiger partial charge in [-0.3, -0.25) is 4.79 Å². The molecule has 1 aromatic rings. The van der Waals surface area contributed by atoms with Crippen molar-refractivity contribution in [3.63, 3.8) is 0 Å². The first-order valence-electron chi connectivity index (χ1n) is 6.79. The van der Waals surface area contributed by atoms with Crippen molar-refractivity contribution in [1.82, 2.24) is 5.32 Å². The topological polar surface area (TPSA) is 62.1 Å². The van der Waals surface area contributed by atoms with E-state index in [0.717, 1.165) is 22.0 Å². The van der Waals surface area contributed by atoms with Crippen molar-refractivity contribution in [2.24, 2.45) is 0 Å². The summed E-state index contributed by atoms with van der Waals surface area (Å²) in [6, 6.07) is 9.38. The molecule has 0 fully saturated rings.